The summed E-state index contributed by atoms with van der Waals surface area (Å²) in [5.74, 6) is -0.243. The first-order chi connectivity index (χ1) is 14.9. The summed E-state index contributed by atoms with van der Waals surface area (Å²) in [5, 5.41) is 14.4. The van der Waals surface area contributed by atoms with Gasteiger partial charge in [0.1, 0.15) is 0 Å². The van der Waals surface area contributed by atoms with Gasteiger partial charge in [-0.2, -0.15) is 0 Å². The van der Waals surface area contributed by atoms with E-state index in [1.165, 1.54) is 6.20 Å². The Morgan fingerprint density at radius 3 is 2.55 bits per heavy atom. The number of unbranched alkanes of at least 4 members (excludes halogenated alkanes) is 1. The zero-order valence-electron chi connectivity index (χ0n) is 17.5. The highest BCUT2D eigenvalue weighted by molar-refractivity contribution is 6.30. The van der Waals surface area contributed by atoms with Gasteiger partial charge >= 0.3 is 0 Å². The Morgan fingerprint density at radius 1 is 1.19 bits per heavy atom. The summed E-state index contributed by atoms with van der Waals surface area (Å²) >= 11 is 5.93. The smallest absolute Gasteiger partial charge is 0.252 e. The normalized spacial score (nSPS) is 16.5. The topological polar surface area (TPSA) is 109 Å². The monoisotopic (exact) mass is 444 g/mol. The van der Waals surface area contributed by atoms with E-state index in [4.69, 9.17) is 17.3 Å². The van der Waals surface area contributed by atoms with Crippen molar-refractivity contribution in [3.05, 3.63) is 64.9 Å². The molecule has 0 unspecified atom stereocenters. The van der Waals surface area contributed by atoms with Crippen molar-refractivity contribution in [3.8, 4) is 0 Å². The molecule has 1 aliphatic rings. The number of carbonyl (C=O) groups excluding carboxylic acids is 2. The maximum absolute atomic E-state index is 12.7. The van der Waals surface area contributed by atoms with Crippen molar-refractivity contribution in [2.24, 2.45) is 5.73 Å². The molecule has 2 heterocycles. The van der Waals surface area contributed by atoms with Crippen LogP contribution in [-0.2, 0) is 10.4 Å². The predicted octanol–water partition coefficient (Wildman–Crippen LogP) is 2.47. The number of benzene rings is 1. The summed E-state index contributed by atoms with van der Waals surface area (Å²) in [6.45, 7) is 1.45. The van der Waals surface area contributed by atoms with E-state index in [-0.39, 0.29) is 11.8 Å². The van der Waals surface area contributed by atoms with Gasteiger partial charge in [0.25, 0.3) is 5.91 Å². The molecule has 0 bridgehead atoms. The first-order valence-electron chi connectivity index (χ1n) is 10.6. The van der Waals surface area contributed by atoms with Gasteiger partial charge in [0.2, 0.25) is 5.91 Å². The minimum absolute atomic E-state index is 0.0856. The number of rotatable bonds is 8. The van der Waals surface area contributed by atoms with Crippen LogP contribution < -0.4 is 11.1 Å². The van der Waals surface area contributed by atoms with Crippen LogP contribution in [0.5, 0.6) is 0 Å². The third-order valence-corrected chi connectivity index (χ3v) is 6.00. The maximum atomic E-state index is 12.7. The fourth-order valence-electron chi connectivity index (χ4n) is 3.79. The van der Waals surface area contributed by atoms with Crippen LogP contribution in [-0.4, -0.2) is 52.5 Å². The van der Waals surface area contributed by atoms with Gasteiger partial charge in [0.05, 0.1) is 17.2 Å². The van der Waals surface area contributed by atoms with Crippen LogP contribution in [0.15, 0.2) is 48.8 Å². The molecule has 1 aliphatic heterocycles. The van der Waals surface area contributed by atoms with E-state index in [0.717, 1.165) is 18.4 Å². The second-order valence-electron chi connectivity index (χ2n) is 7.96. The van der Waals surface area contributed by atoms with E-state index < -0.39 is 11.6 Å². The molecule has 0 radical (unpaired) electrons. The van der Waals surface area contributed by atoms with E-state index in [0.29, 0.717) is 49.5 Å². The van der Waals surface area contributed by atoms with Crippen LogP contribution in [0.2, 0.25) is 5.02 Å². The number of likely N-dealkylation sites (tertiary alicyclic amines) is 1. The lowest BCUT2D eigenvalue weighted by Crippen LogP contribution is -2.50. The number of nitrogens with two attached hydrogens (primary N) is 1. The SMILES string of the molecule is N[C@H](CCCCNC(=O)c1cccnc1)C(=O)N1CCC(O)(c2ccc(Cl)cc2)CC1. The Labute approximate surface area is 187 Å². The Balaban J connectivity index is 1.37. The van der Waals surface area contributed by atoms with Gasteiger partial charge in [0, 0.05) is 37.1 Å². The van der Waals surface area contributed by atoms with E-state index in [9.17, 15) is 14.7 Å². The molecule has 2 amide bonds. The molecule has 1 fully saturated rings. The summed E-state index contributed by atoms with van der Waals surface area (Å²) < 4.78 is 0. The number of carbonyl (C=O) groups is 2. The van der Waals surface area contributed by atoms with Crippen molar-refractivity contribution in [1.29, 1.82) is 0 Å². The Morgan fingerprint density at radius 2 is 1.90 bits per heavy atom. The average molecular weight is 445 g/mol. The molecule has 1 atom stereocenters. The van der Waals surface area contributed by atoms with Crippen LogP contribution in [0.3, 0.4) is 0 Å². The van der Waals surface area contributed by atoms with E-state index in [2.05, 4.69) is 10.3 Å². The highest BCUT2D eigenvalue weighted by atomic mass is 35.5. The summed E-state index contributed by atoms with van der Waals surface area (Å²) in [4.78, 5) is 30.3. The van der Waals surface area contributed by atoms with Crippen molar-refractivity contribution in [2.75, 3.05) is 19.6 Å². The number of nitrogens with zero attached hydrogens (tertiary/aromatic N) is 2. The van der Waals surface area contributed by atoms with Crippen molar-refractivity contribution in [3.63, 3.8) is 0 Å². The molecule has 7 nitrogen and oxygen atoms in total. The lowest BCUT2D eigenvalue weighted by atomic mass is 9.84. The number of pyridine rings is 1. The maximum Gasteiger partial charge on any atom is 0.252 e. The number of hydrogen-bond donors (Lipinski definition) is 3. The van der Waals surface area contributed by atoms with Crippen LogP contribution in [0, 0.1) is 0 Å². The molecular formula is C23H29ClN4O3. The first-order valence-corrected chi connectivity index (χ1v) is 11.0. The molecule has 2 aromatic rings. The molecule has 166 valence electrons. The van der Waals surface area contributed by atoms with Gasteiger partial charge < -0.3 is 21.1 Å². The second kappa shape index (κ2) is 10.7. The highest BCUT2D eigenvalue weighted by Gasteiger charge is 2.36. The molecule has 3 rings (SSSR count). The molecule has 1 aromatic carbocycles. The fraction of sp³-hybridized carbons (Fsp3) is 0.435. The van der Waals surface area contributed by atoms with Crippen LogP contribution in [0.4, 0.5) is 0 Å². The zero-order valence-corrected chi connectivity index (χ0v) is 18.2. The summed E-state index contributed by atoms with van der Waals surface area (Å²) in [6.07, 6.45) is 6.11. The van der Waals surface area contributed by atoms with E-state index in [1.807, 2.05) is 12.1 Å². The summed E-state index contributed by atoms with van der Waals surface area (Å²) in [7, 11) is 0. The standard InChI is InChI=1S/C23H29ClN4O3/c24-19-8-6-18(7-9-19)23(31)10-14-28(15-11-23)22(30)20(25)5-1-2-13-27-21(29)17-4-3-12-26-16-17/h3-4,6-9,12,16,20,31H,1-2,5,10-11,13-15,25H2,(H,27,29)/t20-/m1/s1. The molecular weight excluding hydrogens is 416 g/mol. The Kier molecular flexibility index (Phi) is 8.01. The molecule has 31 heavy (non-hydrogen) atoms. The minimum Gasteiger partial charge on any atom is -0.385 e. The van der Waals surface area contributed by atoms with Gasteiger partial charge in [-0.25, -0.2) is 0 Å². The van der Waals surface area contributed by atoms with Gasteiger partial charge in [0.15, 0.2) is 0 Å². The number of amides is 2. The number of aromatic nitrogens is 1. The van der Waals surface area contributed by atoms with Gasteiger partial charge in [-0.15, -0.1) is 0 Å². The fourth-order valence-corrected chi connectivity index (χ4v) is 3.92. The Hall–Kier alpha value is -2.48. The van der Waals surface area contributed by atoms with Crippen molar-refractivity contribution < 1.29 is 14.7 Å². The number of aliphatic hydroxyl groups is 1. The number of nitrogens with one attached hydrogen (secondary N) is 1. The molecule has 4 N–H and O–H groups in total. The predicted molar refractivity (Wildman–Crippen MR) is 120 cm³/mol. The number of hydrogen-bond acceptors (Lipinski definition) is 5. The van der Waals surface area contributed by atoms with Gasteiger partial charge in [-0.05, 0) is 61.9 Å². The van der Waals surface area contributed by atoms with Crippen LogP contribution in [0.1, 0.15) is 48.0 Å². The lowest BCUT2D eigenvalue weighted by molar-refractivity contribution is -0.137. The third-order valence-electron chi connectivity index (χ3n) is 5.75. The number of halogens is 1. The highest BCUT2D eigenvalue weighted by Crippen LogP contribution is 2.33. The third kappa shape index (κ3) is 6.26. The first kappa shape index (κ1) is 23.2. The zero-order chi connectivity index (χ0) is 22.3. The van der Waals surface area contributed by atoms with Gasteiger partial charge in [-0.3, -0.25) is 14.6 Å². The molecule has 1 aromatic heterocycles. The van der Waals surface area contributed by atoms with Crippen molar-refractivity contribution in [2.45, 2.75) is 43.7 Å². The number of piperidine rings is 1. The average Bonchev–Trinajstić information content (AvgIpc) is 2.79. The molecule has 8 heteroatoms. The van der Waals surface area contributed by atoms with Crippen molar-refractivity contribution >= 4 is 23.4 Å². The van der Waals surface area contributed by atoms with E-state index in [1.54, 1.807) is 35.4 Å². The minimum atomic E-state index is -0.946. The lowest BCUT2D eigenvalue weighted by Gasteiger charge is -2.39. The van der Waals surface area contributed by atoms with Crippen LogP contribution >= 0.6 is 11.6 Å². The molecule has 0 saturated carbocycles. The molecule has 0 spiro atoms. The quantitative estimate of drug-likeness (QED) is 0.542. The second-order valence-corrected chi connectivity index (χ2v) is 8.40. The van der Waals surface area contributed by atoms with Crippen molar-refractivity contribution in [1.82, 2.24) is 15.2 Å². The largest absolute Gasteiger partial charge is 0.385 e. The van der Waals surface area contributed by atoms with Gasteiger partial charge in [-0.1, -0.05) is 23.7 Å². The summed E-state index contributed by atoms with van der Waals surface area (Å²) in [6, 6.07) is 10.1. The molecule has 1 saturated heterocycles. The Bertz CT molecular complexity index is 868. The summed E-state index contributed by atoms with van der Waals surface area (Å²) in [5.41, 5.74) is 6.51. The van der Waals surface area contributed by atoms with E-state index >= 15 is 0 Å². The van der Waals surface area contributed by atoms with Crippen LogP contribution in [0.25, 0.3) is 0 Å². The molecule has 0 aliphatic carbocycles.